The first-order chi connectivity index (χ1) is 17.1. The van der Waals surface area contributed by atoms with Gasteiger partial charge >= 0.3 is 0 Å². The molecule has 0 saturated carbocycles. The van der Waals surface area contributed by atoms with E-state index in [0.29, 0.717) is 98.9 Å². The van der Waals surface area contributed by atoms with Gasteiger partial charge in [0.2, 0.25) is 0 Å². The number of ether oxygens (including phenoxy) is 7. The normalized spacial score (nSPS) is 13.2. The first-order valence-electron chi connectivity index (χ1n) is 11.7. The lowest BCUT2D eigenvalue weighted by Crippen LogP contribution is -2.15. The second-order valence-corrected chi connectivity index (χ2v) is 7.13. The molecule has 0 amide bonds. The summed E-state index contributed by atoms with van der Waals surface area (Å²) in [7, 11) is 0. The fraction of sp³-hybridized carbons (Fsp3) is 0.818. The lowest BCUT2D eigenvalue weighted by molar-refractivity contribution is -0.424. The van der Waals surface area contributed by atoms with E-state index in [4.69, 9.17) is 38.3 Å². The van der Waals surface area contributed by atoms with Crippen molar-refractivity contribution in [2.45, 2.75) is 12.8 Å². The van der Waals surface area contributed by atoms with Crippen molar-refractivity contribution in [1.82, 2.24) is 0 Å². The number of hydrogen-bond acceptors (Lipinski definition) is 12. The van der Waals surface area contributed by atoms with Crippen molar-refractivity contribution in [3.05, 3.63) is 21.9 Å². The first-order valence-corrected chi connectivity index (χ1v) is 11.7. The second kappa shape index (κ2) is 22.6. The van der Waals surface area contributed by atoms with E-state index in [1.54, 1.807) is 0 Å². The van der Waals surface area contributed by atoms with Crippen molar-refractivity contribution in [1.29, 1.82) is 0 Å². The highest BCUT2D eigenvalue weighted by Gasteiger charge is 2.21. The zero-order chi connectivity index (χ0) is 25.4. The fourth-order valence-corrected chi connectivity index (χ4v) is 2.64. The molecule has 1 N–H and O–H groups in total. The molecule has 0 saturated heterocycles. The molecule has 0 radical (unpaired) electrons. The molecule has 0 spiro atoms. The molecule has 1 aliphatic heterocycles. The van der Waals surface area contributed by atoms with Crippen LogP contribution >= 0.6 is 0 Å². The number of aliphatic imine (C=N–C) groups is 1. The standard InChI is InChI=1S/C22H38N2O11/c25-3-5-30-7-9-32-11-13-34-15-17-35-16-14-33-12-10-31-8-6-29-4-1-2-22(26)21-18-20(19-23-21)24(27)28/h18,25H,1-17,19H2. The third kappa shape index (κ3) is 18.1. The molecule has 0 bridgehead atoms. The van der Waals surface area contributed by atoms with Crippen LogP contribution in [0.3, 0.4) is 0 Å². The Morgan fingerprint density at radius 1 is 0.771 bits per heavy atom. The van der Waals surface area contributed by atoms with Crippen LogP contribution in [0.15, 0.2) is 16.8 Å². The van der Waals surface area contributed by atoms with Gasteiger partial charge in [0.05, 0.1) is 97.4 Å². The van der Waals surface area contributed by atoms with Crippen LogP contribution in [-0.2, 0) is 38.0 Å². The van der Waals surface area contributed by atoms with Crippen LogP contribution in [0, 0.1) is 10.1 Å². The molecule has 0 aromatic rings. The van der Waals surface area contributed by atoms with E-state index < -0.39 is 4.92 Å². The smallest absolute Gasteiger partial charge is 0.269 e. The summed E-state index contributed by atoms with van der Waals surface area (Å²) in [5.41, 5.74) is 0.109. The topological polar surface area (TPSA) is 157 Å². The number of ketones is 1. The Bertz CT molecular complexity index is 629. The van der Waals surface area contributed by atoms with Crippen molar-refractivity contribution >= 4 is 11.5 Å². The second-order valence-electron chi connectivity index (χ2n) is 7.13. The molecule has 0 aliphatic carbocycles. The minimum atomic E-state index is -0.523. The molecule has 0 aromatic carbocycles. The van der Waals surface area contributed by atoms with Crippen molar-refractivity contribution in [3.8, 4) is 0 Å². The van der Waals surface area contributed by atoms with E-state index in [0.717, 1.165) is 0 Å². The molecule has 13 nitrogen and oxygen atoms in total. The number of rotatable bonds is 26. The molecular weight excluding hydrogens is 468 g/mol. The van der Waals surface area contributed by atoms with Gasteiger partial charge in [-0.05, 0) is 6.42 Å². The van der Waals surface area contributed by atoms with E-state index in [1.807, 2.05) is 0 Å². The SMILES string of the molecule is O=C(CCCOCCOCCOCCOCCOCCOCCOCCO)C1=NCC([N+](=O)[O-])=C1. The average molecular weight is 507 g/mol. The van der Waals surface area contributed by atoms with Gasteiger partial charge in [0.1, 0.15) is 12.3 Å². The summed E-state index contributed by atoms with van der Waals surface area (Å²) >= 11 is 0. The number of hydrogen-bond donors (Lipinski definition) is 1. The monoisotopic (exact) mass is 506 g/mol. The predicted octanol–water partition coefficient (Wildman–Crippen LogP) is 0.0594. The van der Waals surface area contributed by atoms with E-state index in [1.165, 1.54) is 6.08 Å². The molecule has 35 heavy (non-hydrogen) atoms. The zero-order valence-electron chi connectivity index (χ0n) is 20.2. The Hall–Kier alpha value is -1.84. The summed E-state index contributed by atoms with van der Waals surface area (Å²) in [6.45, 7) is 6.23. The number of nitro groups is 1. The highest BCUT2D eigenvalue weighted by Crippen LogP contribution is 2.08. The average Bonchev–Trinajstić information content (AvgIpc) is 3.35. The third-order valence-electron chi connectivity index (χ3n) is 4.40. The van der Waals surface area contributed by atoms with Crippen LogP contribution in [0.25, 0.3) is 0 Å². The molecule has 1 heterocycles. The van der Waals surface area contributed by atoms with Crippen LogP contribution in [0.2, 0.25) is 0 Å². The van der Waals surface area contributed by atoms with Gasteiger partial charge in [-0.25, -0.2) is 0 Å². The molecular formula is C22H38N2O11. The van der Waals surface area contributed by atoms with Gasteiger partial charge in [-0.3, -0.25) is 19.9 Å². The summed E-state index contributed by atoms with van der Waals surface area (Å²) < 4.78 is 37.3. The minimum absolute atomic E-state index is 0.0146. The number of nitrogens with zero attached hydrogens (tertiary/aromatic N) is 2. The number of aliphatic hydroxyl groups excluding tert-OH is 1. The molecule has 0 fully saturated rings. The Balaban J connectivity index is 1.73. The molecule has 202 valence electrons. The molecule has 1 aliphatic rings. The zero-order valence-corrected chi connectivity index (χ0v) is 20.2. The van der Waals surface area contributed by atoms with Crippen molar-refractivity contribution in [2.75, 3.05) is 106 Å². The van der Waals surface area contributed by atoms with Crippen LogP contribution < -0.4 is 0 Å². The van der Waals surface area contributed by atoms with Crippen LogP contribution in [0.1, 0.15) is 12.8 Å². The largest absolute Gasteiger partial charge is 0.394 e. The summed E-state index contributed by atoms with van der Waals surface area (Å²) in [6, 6.07) is 0. The van der Waals surface area contributed by atoms with Gasteiger partial charge in [-0.1, -0.05) is 0 Å². The molecule has 1 rings (SSSR count). The Labute approximate surface area is 205 Å². The van der Waals surface area contributed by atoms with Crippen molar-refractivity contribution < 1.29 is 48.0 Å². The van der Waals surface area contributed by atoms with Crippen LogP contribution in [-0.4, -0.2) is 127 Å². The predicted molar refractivity (Wildman–Crippen MR) is 124 cm³/mol. The lowest BCUT2D eigenvalue weighted by Gasteiger charge is -2.08. The van der Waals surface area contributed by atoms with Gasteiger partial charge in [0, 0.05) is 19.1 Å². The maximum absolute atomic E-state index is 11.9. The number of allylic oxidation sites excluding steroid dienone is 1. The Morgan fingerprint density at radius 3 is 1.54 bits per heavy atom. The van der Waals surface area contributed by atoms with Crippen molar-refractivity contribution in [2.24, 2.45) is 4.99 Å². The molecule has 0 aromatic heterocycles. The summed E-state index contributed by atoms with van der Waals surface area (Å²) in [4.78, 5) is 25.9. The third-order valence-corrected chi connectivity index (χ3v) is 4.40. The summed E-state index contributed by atoms with van der Waals surface area (Å²) in [5.74, 6) is -0.210. The maximum atomic E-state index is 11.9. The summed E-state index contributed by atoms with van der Waals surface area (Å²) in [5, 5.41) is 19.2. The molecule has 0 atom stereocenters. The van der Waals surface area contributed by atoms with Crippen LogP contribution in [0.5, 0.6) is 0 Å². The first kappa shape index (κ1) is 31.2. The maximum Gasteiger partial charge on any atom is 0.269 e. The van der Waals surface area contributed by atoms with Gasteiger partial charge in [-0.15, -0.1) is 0 Å². The number of carbonyl (C=O) groups excluding carboxylic acids is 1. The Kier molecular flexibility index (Phi) is 20.2. The highest BCUT2D eigenvalue weighted by molar-refractivity contribution is 6.44. The van der Waals surface area contributed by atoms with E-state index in [9.17, 15) is 14.9 Å². The Morgan fingerprint density at radius 2 is 1.17 bits per heavy atom. The minimum Gasteiger partial charge on any atom is -0.394 e. The van der Waals surface area contributed by atoms with E-state index >= 15 is 0 Å². The quantitative estimate of drug-likeness (QED) is 0.0961. The number of Topliss-reactive ketones (excluding diaryl/α,β-unsaturated/α-hetero) is 1. The highest BCUT2D eigenvalue weighted by atomic mass is 16.6. The van der Waals surface area contributed by atoms with E-state index in [-0.39, 0.29) is 36.8 Å². The van der Waals surface area contributed by atoms with Gasteiger partial charge < -0.3 is 38.3 Å². The number of aliphatic hydroxyl groups is 1. The van der Waals surface area contributed by atoms with Crippen molar-refractivity contribution in [3.63, 3.8) is 0 Å². The van der Waals surface area contributed by atoms with E-state index in [2.05, 4.69) is 4.99 Å². The molecule has 0 unspecified atom stereocenters. The summed E-state index contributed by atoms with van der Waals surface area (Å²) in [6.07, 6.45) is 1.99. The van der Waals surface area contributed by atoms with Gasteiger partial charge in [0.25, 0.3) is 5.70 Å². The number of carbonyl (C=O) groups is 1. The molecule has 13 heteroatoms. The van der Waals surface area contributed by atoms with Gasteiger partial charge in [0.15, 0.2) is 5.78 Å². The van der Waals surface area contributed by atoms with Gasteiger partial charge in [-0.2, -0.15) is 0 Å². The lowest BCUT2D eigenvalue weighted by atomic mass is 10.1. The fourth-order valence-electron chi connectivity index (χ4n) is 2.64. The van der Waals surface area contributed by atoms with Crippen LogP contribution in [0.4, 0.5) is 0 Å².